The predicted octanol–water partition coefficient (Wildman–Crippen LogP) is 4.92. The molecule has 1 N–H and O–H groups in total. The summed E-state index contributed by atoms with van der Waals surface area (Å²) in [4.78, 5) is 12.8. The largest absolute Gasteiger partial charge is 0.493 e. The van der Waals surface area contributed by atoms with Crippen molar-refractivity contribution >= 4 is 11.6 Å². The Morgan fingerprint density at radius 1 is 1.07 bits per heavy atom. The third kappa shape index (κ3) is 4.92. The number of methoxy groups -OCH3 is 1. The fraction of sp³-hybridized carbons (Fsp3) is 0.304. The Morgan fingerprint density at radius 2 is 1.87 bits per heavy atom. The molecule has 0 saturated heterocycles. The molecule has 2 aromatic carbocycles. The zero-order valence-electron chi connectivity index (χ0n) is 17.7. The van der Waals surface area contributed by atoms with Crippen molar-refractivity contribution in [2.45, 2.75) is 33.8 Å². The lowest BCUT2D eigenvalue weighted by molar-refractivity contribution is 0.102. The van der Waals surface area contributed by atoms with Crippen molar-refractivity contribution in [3.05, 3.63) is 65.0 Å². The third-order valence-corrected chi connectivity index (χ3v) is 4.58. The number of carbonyl (C=O) groups is 1. The standard InChI is InChI=1S/C23H26N2O5/c1-5-12-28-20-9-7-6-8-19(20)24-23(26)17-10-11-21(22(13-17)27-4)29-14-18-15(2)25-30-16(18)3/h6-11,13H,5,12,14H2,1-4H3,(H,24,26). The molecule has 0 radical (unpaired) electrons. The van der Waals surface area contributed by atoms with E-state index < -0.39 is 0 Å². The van der Waals surface area contributed by atoms with Gasteiger partial charge in [-0.25, -0.2) is 0 Å². The Kier molecular flexibility index (Phi) is 6.95. The average molecular weight is 410 g/mol. The van der Waals surface area contributed by atoms with Crippen molar-refractivity contribution in [3.63, 3.8) is 0 Å². The maximum Gasteiger partial charge on any atom is 0.255 e. The number of hydrogen-bond donors (Lipinski definition) is 1. The SMILES string of the molecule is CCCOc1ccccc1NC(=O)c1ccc(OCc2c(C)noc2C)c(OC)c1. The van der Waals surface area contributed by atoms with Gasteiger partial charge in [0.1, 0.15) is 18.1 Å². The van der Waals surface area contributed by atoms with E-state index in [1.54, 1.807) is 24.3 Å². The molecule has 30 heavy (non-hydrogen) atoms. The number of nitrogens with zero attached hydrogens (tertiary/aromatic N) is 1. The molecule has 0 spiro atoms. The predicted molar refractivity (Wildman–Crippen MR) is 113 cm³/mol. The number of aryl methyl sites for hydroxylation is 2. The van der Waals surface area contributed by atoms with Crippen LogP contribution in [0.25, 0.3) is 0 Å². The lowest BCUT2D eigenvalue weighted by Crippen LogP contribution is -2.13. The van der Waals surface area contributed by atoms with Gasteiger partial charge in [-0.15, -0.1) is 0 Å². The highest BCUT2D eigenvalue weighted by molar-refractivity contribution is 6.05. The first kappa shape index (κ1) is 21.2. The number of aromatic nitrogens is 1. The van der Waals surface area contributed by atoms with Gasteiger partial charge in [0.05, 0.1) is 30.7 Å². The Balaban J connectivity index is 1.73. The quantitative estimate of drug-likeness (QED) is 0.539. The summed E-state index contributed by atoms with van der Waals surface area (Å²) in [7, 11) is 1.54. The van der Waals surface area contributed by atoms with Gasteiger partial charge < -0.3 is 24.1 Å². The van der Waals surface area contributed by atoms with Crippen LogP contribution in [0.4, 0.5) is 5.69 Å². The van der Waals surface area contributed by atoms with Crippen LogP contribution >= 0.6 is 0 Å². The molecule has 0 fully saturated rings. The Labute approximate surface area is 175 Å². The number of carbonyl (C=O) groups excluding carboxylic acids is 1. The van der Waals surface area contributed by atoms with Crippen molar-refractivity contribution in [3.8, 4) is 17.2 Å². The van der Waals surface area contributed by atoms with E-state index in [2.05, 4.69) is 10.5 Å². The molecule has 0 aliphatic rings. The minimum atomic E-state index is -0.266. The number of para-hydroxylation sites is 2. The van der Waals surface area contributed by atoms with Crippen LogP contribution in [0.15, 0.2) is 47.0 Å². The highest BCUT2D eigenvalue weighted by Crippen LogP contribution is 2.31. The molecule has 0 saturated carbocycles. The second-order valence-corrected chi connectivity index (χ2v) is 6.76. The minimum absolute atomic E-state index is 0.266. The van der Waals surface area contributed by atoms with Gasteiger partial charge in [-0.3, -0.25) is 4.79 Å². The number of hydrogen-bond acceptors (Lipinski definition) is 6. The molecule has 1 amide bonds. The van der Waals surface area contributed by atoms with Gasteiger partial charge in [-0.1, -0.05) is 24.2 Å². The topological polar surface area (TPSA) is 82.8 Å². The van der Waals surface area contributed by atoms with Crippen LogP contribution in [0.5, 0.6) is 17.2 Å². The fourth-order valence-corrected chi connectivity index (χ4v) is 2.89. The van der Waals surface area contributed by atoms with Crippen LogP contribution in [0.1, 0.15) is 40.7 Å². The first-order valence-corrected chi connectivity index (χ1v) is 9.79. The molecule has 7 nitrogen and oxygen atoms in total. The van der Waals surface area contributed by atoms with Crippen molar-refractivity contribution in [1.82, 2.24) is 5.16 Å². The van der Waals surface area contributed by atoms with E-state index in [0.29, 0.717) is 47.5 Å². The number of benzene rings is 2. The number of amides is 1. The molecule has 7 heteroatoms. The normalized spacial score (nSPS) is 10.5. The molecular weight excluding hydrogens is 384 g/mol. The zero-order valence-corrected chi connectivity index (χ0v) is 17.7. The second-order valence-electron chi connectivity index (χ2n) is 6.76. The molecular formula is C23H26N2O5. The van der Waals surface area contributed by atoms with Crippen LogP contribution in [-0.4, -0.2) is 24.8 Å². The van der Waals surface area contributed by atoms with Crippen molar-refractivity contribution in [1.29, 1.82) is 0 Å². The summed E-state index contributed by atoms with van der Waals surface area (Å²) in [6.45, 7) is 6.61. The minimum Gasteiger partial charge on any atom is -0.493 e. The van der Waals surface area contributed by atoms with E-state index in [4.69, 9.17) is 18.7 Å². The van der Waals surface area contributed by atoms with Crippen molar-refractivity contribution in [2.75, 3.05) is 19.0 Å². The lowest BCUT2D eigenvalue weighted by atomic mass is 10.1. The molecule has 3 aromatic rings. The Bertz CT molecular complexity index is 993. The molecule has 0 atom stereocenters. The van der Waals surface area contributed by atoms with Crippen molar-refractivity contribution in [2.24, 2.45) is 0 Å². The molecule has 1 aromatic heterocycles. The smallest absolute Gasteiger partial charge is 0.255 e. The monoisotopic (exact) mass is 410 g/mol. The third-order valence-electron chi connectivity index (χ3n) is 4.58. The maximum absolute atomic E-state index is 12.8. The van der Waals surface area contributed by atoms with Gasteiger partial charge in [0, 0.05) is 5.56 Å². The summed E-state index contributed by atoms with van der Waals surface area (Å²) in [5.74, 6) is 2.08. The number of nitrogens with one attached hydrogen (secondary N) is 1. The Morgan fingerprint density at radius 3 is 2.57 bits per heavy atom. The van der Waals surface area contributed by atoms with Crippen LogP contribution in [-0.2, 0) is 6.61 Å². The summed E-state index contributed by atoms with van der Waals surface area (Å²) in [6.07, 6.45) is 0.884. The van der Waals surface area contributed by atoms with E-state index in [0.717, 1.165) is 17.7 Å². The molecule has 0 bridgehead atoms. The van der Waals surface area contributed by atoms with Crippen LogP contribution < -0.4 is 19.5 Å². The van der Waals surface area contributed by atoms with Gasteiger partial charge in [0.15, 0.2) is 11.5 Å². The van der Waals surface area contributed by atoms with E-state index in [9.17, 15) is 4.79 Å². The summed E-state index contributed by atoms with van der Waals surface area (Å²) < 4.78 is 22.2. The number of rotatable bonds is 9. The Hall–Kier alpha value is -3.48. The fourth-order valence-electron chi connectivity index (χ4n) is 2.89. The highest BCUT2D eigenvalue weighted by atomic mass is 16.5. The summed E-state index contributed by atoms with van der Waals surface area (Å²) >= 11 is 0. The van der Waals surface area contributed by atoms with Crippen molar-refractivity contribution < 1.29 is 23.5 Å². The number of anilines is 1. The van der Waals surface area contributed by atoms with Crippen LogP contribution in [0.3, 0.4) is 0 Å². The number of ether oxygens (including phenoxy) is 3. The first-order valence-electron chi connectivity index (χ1n) is 9.79. The highest BCUT2D eigenvalue weighted by Gasteiger charge is 2.15. The summed E-state index contributed by atoms with van der Waals surface area (Å²) in [5.41, 5.74) is 2.74. The summed E-state index contributed by atoms with van der Waals surface area (Å²) in [6, 6.07) is 12.4. The lowest BCUT2D eigenvalue weighted by Gasteiger charge is -2.14. The van der Waals surface area contributed by atoms with Gasteiger partial charge in [0.25, 0.3) is 5.91 Å². The molecule has 158 valence electrons. The molecule has 1 heterocycles. The average Bonchev–Trinajstić information content (AvgIpc) is 3.08. The van der Waals surface area contributed by atoms with Gasteiger partial charge in [-0.2, -0.15) is 0 Å². The second kappa shape index (κ2) is 9.82. The van der Waals surface area contributed by atoms with E-state index in [1.807, 2.05) is 39.0 Å². The van der Waals surface area contributed by atoms with Gasteiger partial charge in [0.2, 0.25) is 0 Å². The van der Waals surface area contributed by atoms with E-state index in [1.165, 1.54) is 7.11 Å². The van der Waals surface area contributed by atoms with E-state index >= 15 is 0 Å². The van der Waals surface area contributed by atoms with Crippen LogP contribution in [0.2, 0.25) is 0 Å². The molecule has 0 aliphatic heterocycles. The molecule has 3 rings (SSSR count). The van der Waals surface area contributed by atoms with Gasteiger partial charge >= 0.3 is 0 Å². The molecule has 0 unspecified atom stereocenters. The summed E-state index contributed by atoms with van der Waals surface area (Å²) in [5, 5.41) is 6.82. The first-order chi connectivity index (χ1) is 14.5. The van der Waals surface area contributed by atoms with Crippen LogP contribution in [0, 0.1) is 13.8 Å². The zero-order chi connectivity index (χ0) is 21.5. The molecule has 0 aliphatic carbocycles. The maximum atomic E-state index is 12.8. The van der Waals surface area contributed by atoms with E-state index in [-0.39, 0.29) is 5.91 Å². The van der Waals surface area contributed by atoms with Gasteiger partial charge in [-0.05, 0) is 50.6 Å².